The highest BCUT2D eigenvalue weighted by Crippen LogP contribution is 2.42. The van der Waals surface area contributed by atoms with Gasteiger partial charge in [0.25, 0.3) is 0 Å². The third-order valence-electron chi connectivity index (χ3n) is 2.00. The topological polar surface area (TPSA) is 93.1 Å². The highest BCUT2D eigenvalue weighted by atomic mass is 35.5. The SMILES string of the molecule is CCOC(=O)c1ccc(/C(=C/Cl)OP(=O)(O)O)cc1. The molecule has 0 saturated carbocycles. The van der Waals surface area contributed by atoms with Crippen molar-refractivity contribution in [2.75, 3.05) is 6.61 Å². The van der Waals surface area contributed by atoms with E-state index >= 15 is 0 Å². The molecule has 0 atom stereocenters. The fourth-order valence-corrected chi connectivity index (χ4v) is 1.90. The molecule has 1 aromatic rings. The standard InChI is InChI=1S/C11H12ClO6P/c1-2-17-11(13)9-5-3-8(4-6-9)10(7-12)18-19(14,15)16/h3-7H,2H2,1H3,(H2,14,15,16)/b10-7-. The number of benzene rings is 1. The molecular weight excluding hydrogens is 295 g/mol. The summed E-state index contributed by atoms with van der Waals surface area (Å²) in [6.45, 7) is 1.95. The maximum absolute atomic E-state index is 11.4. The lowest BCUT2D eigenvalue weighted by atomic mass is 10.1. The predicted octanol–water partition coefficient (Wildman–Crippen LogP) is 2.51. The van der Waals surface area contributed by atoms with E-state index in [-0.39, 0.29) is 12.4 Å². The Balaban J connectivity index is 2.91. The lowest BCUT2D eigenvalue weighted by Crippen LogP contribution is -2.04. The Morgan fingerprint density at radius 2 is 1.84 bits per heavy atom. The molecule has 0 unspecified atom stereocenters. The molecule has 0 spiro atoms. The highest BCUT2D eigenvalue weighted by molar-refractivity contribution is 7.46. The molecule has 8 heteroatoms. The number of carbonyl (C=O) groups is 1. The Kier molecular flexibility index (Phi) is 5.57. The number of hydrogen-bond donors (Lipinski definition) is 2. The summed E-state index contributed by atoms with van der Waals surface area (Å²) in [6.07, 6.45) is 0. The number of ether oxygens (including phenoxy) is 1. The van der Waals surface area contributed by atoms with Crippen LogP contribution in [0.4, 0.5) is 0 Å². The van der Waals surface area contributed by atoms with Crippen LogP contribution in [0, 0.1) is 0 Å². The average Bonchev–Trinajstić information content (AvgIpc) is 2.35. The van der Waals surface area contributed by atoms with Crippen LogP contribution in [-0.4, -0.2) is 22.4 Å². The van der Waals surface area contributed by atoms with Gasteiger partial charge in [-0.1, -0.05) is 23.7 Å². The monoisotopic (exact) mass is 306 g/mol. The van der Waals surface area contributed by atoms with Crippen molar-refractivity contribution in [2.24, 2.45) is 0 Å². The molecule has 2 N–H and O–H groups in total. The van der Waals surface area contributed by atoms with E-state index in [0.717, 1.165) is 5.54 Å². The summed E-state index contributed by atoms with van der Waals surface area (Å²) < 4.78 is 19.9. The van der Waals surface area contributed by atoms with Gasteiger partial charge in [0, 0.05) is 11.1 Å². The molecule has 19 heavy (non-hydrogen) atoms. The molecular formula is C11H12ClO6P. The summed E-state index contributed by atoms with van der Waals surface area (Å²) in [4.78, 5) is 28.8. The van der Waals surface area contributed by atoms with Crippen LogP contribution in [0.2, 0.25) is 0 Å². The highest BCUT2D eigenvalue weighted by Gasteiger charge is 2.19. The molecule has 0 saturated heterocycles. The molecule has 0 aliphatic heterocycles. The van der Waals surface area contributed by atoms with Gasteiger partial charge in [-0.15, -0.1) is 0 Å². The van der Waals surface area contributed by atoms with Crippen molar-refractivity contribution in [2.45, 2.75) is 6.92 Å². The van der Waals surface area contributed by atoms with Gasteiger partial charge in [0.1, 0.15) is 5.76 Å². The van der Waals surface area contributed by atoms with E-state index < -0.39 is 13.8 Å². The summed E-state index contributed by atoms with van der Waals surface area (Å²) in [7, 11) is -4.69. The normalized spacial score (nSPS) is 12.1. The van der Waals surface area contributed by atoms with E-state index in [0.29, 0.717) is 11.1 Å². The first-order valence-corrected chi connectivity index (χ1v) is 7.17. The maximum atomic E-state index is 11.4. The lowest BCUT2D eigenvalue weighted by molar-refractivity contribution is 0.0526. The first-order chi connectivity index (χ1) is 8.87. The first-order valence-electron chi connectivity index (χ1n) is 5.20. The van der Waals surface area contributed by atoms with Crippen molar-refractivity contribution < 1.29 is 28.4 Å². The third-order valence-corrected chi connectivity index (χ3v) is 2.63. The van der Waals surface area contributed by atoms with E-state index in [9.17, 15) is 9.36 Å². The molecule has 0 heterocycles. The fourth-order valence-electron chi connectivity index (χ4n) is 1.25. The molecule has 0 aliphatic rings. The lowest BCUT2D eigenvalue weighted by Gasteiger charge is -2.10. The zero-order chi connectivity index (χ0) is 14.5. The quantitative estimate of drug-likeness (QED) is 0.493. The third kappa shape index (κ3) is 5.04. The van der Waals surface area contributed by atoms with Gasteiger partial charge in [-0.3, -0.25) is 9.79 Å². The number of hydrogen-bond acceptors (Lipinski definition) is 4. The average molecular weight is 307 g/mol. The number of carbonyl (C=O) groups excluding carboxylic acids is 1. The van der Waals surface area contributed by atoms with Crippen molar-refractivity contribution in [1.82, 2.24) is 0 Å². The minimum absolute atomic E-state index is 0.189. The largest absolute Gasteiger partial charge is 0.524 e. The van der Waals surface area contributed by atoms with Crippen LogP contribution in [0.3, 0.4) is 0 Å². The van der Waals surface area contributed by atoms with Gasteiger partial charge in [-0.05, 0) is 19.1 Å². The Bertz CT molecular complexity index is 518. The number of rotatable bonds is 5. The van der Waals surface area contributed by atoms with Crippen molar-refractivity contribution in [3.63, 3.8) is 0 Å². The first kappa shape index (κ1) is 15.7. The van der Waals surface area contributed by atoms with Crippen molar-refractivity contribution in [1.29, 1.82) is 0 Å². The van der Waals surface area contributed by atoms with Gasteiger partial charge in [-0.25, -0.2) is 9.36 Å². The van der Waals surface area contributed by atoms with Crippen LogP contribution in [0.5, 0.6) is 0 Å². The minimum Gasteiger partial charge on any atom is -0.462 e. The van der Waals surface area contributed by atoms with Crippen molar-refractivity contribution >= 4 is 31.2 Å². The molecule has 0 amide bonds. The van der Waals surface area contributed by atoms with Crippen LogP contribution in [0.1, 0.15) is 22.8 Å². The molecule has 0 aliphatic carbocycles. The Labute approximate surface area is 114 Å². The second kappa shape index (κ2) is 6.73. The smallest absolute Gasteiger partial charge is 0.462 e. The summed E-state index contributed by atoms with van der Waals surface area (Å²) in [5.74, 6) is -0.674. The van der Waals surface area contributed by atoms with Crippen LogP contribution >= 0.6 is 19.4 Å². The second-order valence-corrected chi connectivity index (χ2v) is 4.73. The molecule has 0 fully saturated rings. The van der Waals surface area contributed by atoms with Crippen molar-refractivity contribution in [3.8, 4) is 0 Å². The number of esters is 1. The van der Waals surface area contributed by atoms with Crippen LogP contribution < -0.4 is 0 Å². The zero-order valence-corrected chi connectivity index (χ0v) is 11.6. The van der Waals surface area contributed by atoms with Crippen LogP contribution in [0.15, 0.2) is 29.8 Å². The van der Waals surface area contributed by atoms with Gasteiger partial charge in [0.2, 0.25) is 0 Å². The summed E-state index contributed by atoms with van der Waals surface area (Å²) in [5, 5.41) is 0. The zero-order valence-electron chi connectivity index (χ0n) is 9.95. The van der Waals surface area contributed by atoms with Gasteiger partial charge in [-0.2, -0.15) is 0 Å². The number of halogens is 1. The summed E-state index contributed by atoms with van der Waals surface area (Å²) in [6, 6.07) is 5.76. The molecule has 0 radical (unpaired) electrons. The van der Waals surface area contributed by atoms with Gasteiger partial charge in [0.05, 0.1) is 12.2 Å². The summed E-state index contributed by atoms with van der Waals surface area (Å²) in [5.41, 5.74) is 1.54. The Morgan fingerprint density at radius 1 is 1.32 bits per heavy atom. The molecule has 6 nitrogen and oxygen atoms in total. The van der Waals surface area contributed by atoms with E-state index in [1.54, 1.807) is 6.92 Å². The van der Waals surface area contributed by atoms with E-state index in [2.05, 4.69) is 4.52 Å². The van der Waals surface area contributed by atoms with Crippen LogP contribution in [-0.2, 0) is 13.8 Å². The molecule has 1 rings (SSSR count). The minimum atomic E-state index is -4.69. The van der Waals surface area contributed by atoms with E-state index in [1.807, 2.05) is 0 Å². The van der Waals surface area contributed by atoms with E-state index in [4.69, 9.17) is 26.1 Å². The summed E-state index contributed by atoms with van der Waals surface area (Å²) >= 11 is 5.44. The van der Waals surface area contributed by atoms with Gasteiger partial charge < -0.3 is 9.26 Å². The molecule has 0 bridgehead atoms. The Morgan fingerprint density at radius 3 is 2.26 bits per heavy atom. The second-order valence-electron chi connectivity index (χ2n) is 3.35. The van der Waals surface area contributed by atoms with Crippen molar-refractivity contribution in [3.05, 3.63) is 40.9 Å². The van der Waals surface area contributed by atoms with E-state index in [1.165, 1.54) is 24.3 Å². The number of phosphoric ester groups is 1. The van der Waals surface area contributed by atoms with Gasteiger partial charge >= 0.3 is 13.8 Å². The maximum Gasteiger partial charge on any atom is 0.524 e. The van der Waals surface area contributed by atoms with Crippen LogP contribution in [0.25, 0.3) is 5.76 Å². The molecule has 1 aromatic carbocycles. The predicted molar refractivity (Wildman–Crippen MR) is 69.4 cm³/mol. The Hall–Kier alpha value is -1.33. The fraction of sp³-hybridized carbons (Fsp3) is 0.182. The van der Waals surface area contributed by atoms with Gasteiger partial charge in [0.15, 0.2) is 0 Å². The molecule has 0 aromatic heterocycles. The number of phosphoric acid groups is 1. The molecule has 104 valence electrons.